The quantitative estimate of drug-likeness (QED) is 0.652. The van der Waals surface area contributed by atoms with Gasteiger partial charge in [0.1, 0.15) is 5.56 Å². The van der Waals surface area contributed by atoms with Crippen LogP contribution in [0.15, 0.2) is 18.2 Å². The van der Waals surface area contributed by atoms with Gasteiger partial charge in [-0.05, 0) is 31.4 Å². The number of rotatable bonds is 3. The smallest absolute Gasteiger partial charge is 0.282 e. The van der Waals surface area contributed by atoms with E-state index >= 15 is 0 Å². The van der Waals surface area contributed by atoms with E-state index in [4.69, 9.17) is 0 Å². The van der Waals surface area contributed by atoms with Gasteiger partial charge in [-0.3, -0.25) is 14.9 Å². The van der Waals surface area contributed by atoms with E-state index in [1.807, 2.05) is 0 Å². The normalized spacial score (nSPS) is 22.3. The fraction of sp³-hybridized carbons (Fsp3) is 0.500. The predicted molar refractivity (Wildman–Crippen MR) is 73.6 cm³/mol. The highest BCUT2D eigenvalue weighted by molar-refractivity contribution is 5.98. The van der Waals surface area contributed by atoms with Crippen LogP contribution in [0.25, 0.3) is 0 Å². The zero-order chi connectivity index (χ0) is 14.7. The average Bonchev–Trinajstić information content (AvgIpc) is 2.40. The van der Waals surface area contributed by atoms with Gasteiger partial charge in [-0.15, -0.1) is 0 Å². The van der Waals surface area contributed by atoms with Crippen molar-refractivity contribution in [3.63, 3.8) is 0 Å². The molecule has 0 radical (unpaired) electrons. The van der Waals surface area contributed by atoms with Crippen molar-refractivity contribution in [2.75, 3.05) is 0 Å². The second-order valence-corrected chi connectivity index (χ2v) is 5.21. The Bertz CT molecular complexity index is 530. The number of aliphatic hydroxyl groups excluding tert-OH is 1. The Hall–Kier alpha value is -1.95. The SMILES string of the molecule is Cc1ccc([N+](=O)[O-])c(C(=O)N[C@H]2CCCC[C@@H]2O)c1. The summed E-state index contributed by atoms with van der Waals surface area (Å²) in [6.45, 7) is 1.77. The minimum Gasteiger partial charge on any atom is -0.391 e. The van der Waals surface area contributed by atoms with Gasteiger partial charge in [0.25, 0.3) is 11.6 Å². The van der Waals surface area contributed by atoms with Crippen LogP contribution in [0.1, 0.15) is 41.6 Å². The van der Waals surface area contributed by atoms with Crippen LogP contribution in [0.2, 0.25) is 0 Å². The number of hydrogen-bond acceptors (Lipinski definition) is 4. The van der Waals surface area contributed by atoms with Crippen molar-refractivity contribution in [1.29, 1.82) is 0 Å². The van der Waals surface area contributed by atoms with Crippen LogP contribution in [-0.4, -0.2) is 28.1 Å². The lowest BCUT2D eigenvalue weighted by atomic mass is 9.92. The molecule has 0 heterocycles. The van der Waals surface area contributed by atoms with Gasteiger partial charge in [-0.25, -0.2) is 0 Å². The maximum absolute atomic E-state index is 12.2. The number of aryl methyl sites for hydroxylation is 1. The molecule has 1 saturated carbocycles. The molecule has 0 saturated heterocycles. The highest BCUT2D eigenvalue weighted by Gasteiger charge is 2.27. The number of nitro groups is 1. The number of nitrogens with zero attached hydrogens (tertiary/aromatic N) is 1. The molecule has 1 aromatic rings. The minimum atomic E-state index is -0.573. The molecule has 108 valence electrons. The van der Waals surface area contributed by atoms with Crippen molar-refractivity contribution < 1.29 is 14.8 Å². The minimum absolute atomic E-state index is 0.0489. The Morgan fingerprint density at radius 3 is 2.75 bits per heavy atom. The van der Waals surface area contributed by atoms with Crippen LogP contribution >= 0.6 is 0 Å². The molecular weight excluding hydrogens is 260 g/mol. The standard InChI is InChI=1S/C14H18N2O4/c1-9-6-7-12(16(19)20)10(8-9)14(18)15-11-4-2-3-5-13(11)17/h6-8,11,13,17H,2-5H2,1H3,(H,15,18)/t11-,13-/m0/s1. The van der Waals surface area contributed by atoms with Gasteiger partial charge in [-0.2, -0.15) is 0 Å². The third kappa shape index (κ3) is 3.14. The Morgan fingerprint density at radius 2 is 2.10 bits per heavy atom. The predicted octanol–water partition coefficient (Wildman–Crippen LogP) is 1.94. The molecule has 1 aliphatic carbocycles. The Labute approximate surface area is 117 Å². The molecule has 0 spiro atoms. The third-order valence-corrected chi connectivity index (χ3v) is 3.64. The third-order valence-electron chi connectivity index (χ3n) is 3.64. The summed E-state index contributed by atoms with van der Waals surface area (Å²) < 4.78 is 0. The summed E-state index contributed by atoms with van der Waals surface area (Å²) in [5, 5.41) is 23.5. The lowest BCUT2D eigenvalue weighted by molar-refractivity contribution is -0.385. The first kappa shape index (κ1) is 14.5. The van der Waals surface area contributed by atoms with Gasteiger partial charge in [0.2, 0.25) is 0 Å². The second kappa shape index (κ2) is 6.00. The highest BCUT2D eigenvalue weighted by Crippen LogP contribution is 2.22. The molecule has 0 aliphatic heterocycles. The van der Waals surface area contributed by atoms with Gasteiger partial charge < -0.3 is 10.4 Å². The van der Waals surface area contributed by atoms with E-state index in [0.717, 1.165) is 18.4 Å². The first-order valence-electron chi connectivity index (χ1n) is 6.73. The number of carbonyl (C=O) groups excluding carboxylic acids is 1. The molecular formula is C14H18N2O4. The monoisotopic (exact) mass is 278 g/mol. The maximum Gasteiger partial charge on any atom is 0.282 e. The van der Waals surface area contributed by atoms with Crippen LogP contribution in [-0.2, 0) is 0 Å². The lowest BCUT2D eigenvalue weighted by Crippen LogP contribution is -2.45. The molecule has 1 aliphatic rings. The number of carbonyl (C=O) groups is 1. The molecule has 20 heavy (non-hydrogen) atoms. The first-order chi connectivity index (χ1) is 9.49. The van der Waals surface area contributed by atoms with E-state index < -0.39 is 16.9 Å². The maximum atomic E-state index is 12.2. The zero-order valence-corrected chi connectivity index (χ0v) is 11.3. The van der Waals surface area contributed by atoms with Crippen molar-refractivity contribution in [1.82, 2.24) is 5.32 Å². The number of nitrogens with one attached hydrogen (secondary N) is 1. The number of hydrogen-bond donors (Lipinski definition) is 2. The molecule has 1 aromatic carbocycles. The molecule has 0 unspecified atom stereocenters. The van der Waals surface area contributed by atoms with Crippen molar-refractivity contribution in [2.45, 2.75) is 44.8 Å². The van der Waals surface area contributed by atoms with E-state index in [1.165, 1.54) is 12.1 Å². The van der Waals surface area contributed by atoms with Gasteiger partial charge in [0, 0.05) is 6.07 Å². The van der Waals surface area contributed by atoms with Crippen LogP contribution in [0.5, 0.6) is 0 Å². The van der Waals surface area contributed by atoms with E-state index in [1.54, 1.807) is 13.0 Å². The van der Waals surface area contributed by atoms with E-state index in [2.05, 4.69) is 5.32 Å². The van der Waals surface area contributed by atoms with Crippen LogP contribution in [0.4, 0.5) is 5.69 Å². The van der Waals surface area contributed by atoms with Crippen molar-refractivity contribution >= 4 is 11.6 Å². The average molecular weight is 278 g/mol. The molecule has 6 nitrogen and oxygen atoms in total. The molecule has 2 rings (SSSR count). The molecule has 2 atom stereocenters. The lowest BCUT2D eigenvalue weighted by Gasteiger charge is -2.28. The van der Waals surface area contributed by atoms with Gasteiger partial charge >= 0.3 is 0 Å². The molecule has 2 N–H and O–H groups in total. The van der Waals surface area contributed by atoms with Crippen LogP contribution in [0.3, 0.4) is 0 Å². The van der Waals surface area contributed by atoms with Crippen molar-refractivity contribution in [3.05, 3.63) is 39.4 Å². The number of benzene rings is 1. The molecule has 1 amide bonds. The summed E-state index contributed by atoms with van der Waals surface area (Å²) in [7, 11) is 0. The number of aliphatic hydroxyl groups is 1. The summed E-state index contributed by atoms with van der Waals surface area (Å²) in [6.07, 6.45) is 2.67. The summed E-state index contributed by atoms with van der Waals surface area (Å²) in [6, 6.07) is 4.12. The number of amides is 1. The Balaban J connectivity index is 2.20. The summed E-state index contributed by atoms with van der Waals surface area (Å²) in [5.41, 5.74) is 0.621. The number of nitro benzene ring substituents is 1. The van der Waals surface area contributed by atoms with Crippen molar-refractivity contribution in [2.24, 2.45) is 0 Å². The topological polar surface area (TPSA) is 92.5 Å². The Morgan fingerprint density at radius 1 is 1.40 bits per heavy atom. The molecule has 0 bridgehead atoms. The van der Waals surface area contributed by atoms with Gasteiger partial charge in [-0.1, -0.05) is 18.9 Å². The molecule has 1 fully saturated rings. The van der Waals surface area contributed by atoms with Crippen LogP contribution in [0, 0.1) is 17.0 Å². The molecule has 0 aromatic heterocycles. The van der Waals surface area contributed by atoms with E-state index in [9.17, 15) is 20.0 Å². The first-order valence-corrected chi connectivity index (χ1v) is 6.73. The van der Waals surface area contributed by atoms with Gasteiger partial charge in [0.15, 0.2) is 0 Å². The second-order valence-electron chi connectivity index (χ2n) is 5.21. The van der Waals surface area contributed by atoms with Crippen molar-refractivity contribution in [3.8, 4) is 0 Å². The Kier molecular flexibility index (Phi) is 4.34. The summed E-state index contributed by atoms with van der Waals surface area (Å²) >= 11 is 0. The van der Waals surface area contributed by atoms with Crippen LogP contribution < -0.4 is 5.32 Å². The zero-order valence-electron chi connectivity index (χ0n) is 11.3. The van der Waals surface area contributed by atoms with E-state index in [-0.39, 0.29) is 17.3 Å². The summed E-state index contributed by atoms with van der Waals surface area (Å²) in [5.74, 6) is -0.494. The van der Waals surface area contributed by atoms with E-state index in [0.29, 0.717) is 12.8 Å². The fourth-order valence-electron chi connectivity index (χ4n) is 2.52. The molecule has 6 heteroatoms. The highest BCUT2D eigenvalue weighted by atomic mass is 16.6. The largest absolute Gasteiger partial charge is 0.391 e. The summed E-state index contributed by atoms with van der Waals surface area (Å²) in [4.78, 5) is 22.6. The van der Waals surface area contributed by atoms with Gasteiger partial charge in [0.05, 0.1) is 17.1 Å². The fourth-order valence-corrected chi connectivity index (χ4v) is 2.52.